The predicted octanol–water partition coefficient (Wildman–Crippen LogP) is -0.202. The Morgan fingerprint density at radius 2 is 1.86 bits per heavy atom. The first-order valence-electron chi connectivity index (χ1n) is 8.90. The first kappa shape index (κ1) is 18.6. The van der Waals surface area contributed by atoms with Gasteiger partial charge in [-0.15, -0.1) is 0 Å². The van der Waals surface area contributed by atoms with Crippen LogP contribution in [0.3, 0.4) is 0 Å². The van der Waals surface area contributed by atoms with E-state index in [0.29, 0.717) is 23.5 Å². The number of imidazole rings is 1. The Morgan fingerprint density at radius 3 is 2.57 bits per heavy atom. The third-order valence-corrected chi connectivity index (χ3v) is 4.79. The Kier molecular flexibility index (Phi) is 5.09. The van der Waals surface area contributed by atoms with Crippen LogP contribution < -0.4 is 5.32 Å². The second-order valence-corrected chi connectivity index (χ2v) is 6.62. The summed E-state index contributed by atoms with van der Waals surface area (Å²) >= 11 is 0. The molecule has 1 unspecified atom stereocenters. The Hall–Kier alpha value is -2.79. The SMILES string of the molecule is OC[C@H]1OC(n2cnc3c(NCCc4ccc(O)cc4)ncnc32)[C@H](O)[C@@H]1O. The maximum absolute atomic E-state index is 10.2. The molecule has 3 aromatic rings. The van der Waals surface area contributed by atoms with Gasteiger partial charge in [0.25, 0.3) is 0 Å². The van der Waals surface area contributed by atoms with E-state index in [1.165, 1.54) is 17.2 Å². The van der Waals surface area contributed by atoms with Crippen LogP contribution in [0.25, 0.3) is 11.2 Å². The number of phenols is 1. The molecule has 1 aliphatic rings. The van der Waals surface area contributed by atoms with Crippen LogP contribution in [0.4, 0.5) is 5.82 Å². The summed E-state index contributed by atoms with van der Waals surface area (Å²) in [5.74, 6) is 0.763. The smallest absolute Gasteiger partial charge is 0.167 e. The minimum absolute atomic E-state index is 0.227. The standard InChI is InChI=1S/C18H21N5O5/c24-7-12-14(26)15(27)18(28-12)23-9-22-13-16(20-8-21-17(13)23)19-6-5-10-1-3-11(25)4-2-10/h1-4,8-9,12,14-15,18,24-27H,5-7H2,(H,19,20,21)/t12-,14-,15-,18?/m1/s1. The molecular formula is C18H21N5O5. The predicted molar refractivity (Wildman–Crippen MR) is 98.6 cm³/mol. The van der Waals surface area contributed by atoms with Crippen LogP contribution in [0, 0.1) is 0 Å². The molecule has 0 bridgehead atoms. The minimum atomic E-state index is -1.21. The molecule has 4 atom stereocenters. The van der Waals surface area contributed by atoms with Crippen molar-refractivity contribution >= 4 is 17.0 Å². The molecule has 10 nitrogen and oxygen atoms in total. The number of ether oxygens (including phenoxy) is 1. The molecule has 2 aromatic heterocycles. The highest BCUT2D eigenvalue weighted by Crippen LogP contribution is 2.32. The average molecular weight is 387 g/mol. The van der Waals surface area contributed by atoms with Gasteiger partial charge in [-0.1, -0.05) is 12.1 Å². The molecular weight excluding hydrogens is 366 g/mol. The van der Waals surface area contributed by atoms with Crippen molar-refractivity contribution in [1.82, 2.24) is 19.5 Å². The third-order valence-electron chi connectivity index (χ3n) is 4.79. The largest absolute Gasteiger partial charge is 0.508 e. The van der Waals surface area contributed by atoms with Gasteiger partial charge in [0.2, 0.25) is 0 Å². The zero-order valence-electron chi connectivity index (χ0n) is 14.9. The van der Waals surface area contributed by atoms with Gasteiger partial charge in [0.15, 0.2) is 23.2 Å². The highest BCUT2D eigenvalue weighted by molar-refractivity contribution is 5.82. The van der Waals surface area contributed by atoms with E-state index in [9.17, 15) is 20.4 Å². The lowest BCUT2D eigenvalue weighted by atomic mass is 10.1. The highest BCUT2D eigenvalue weighted by Gasteiger charge is 2.44. The van der Waals surface area contributed by atoms with Gasteiger partial charge in [0.05, 0.1) is 12.9 Å². The van der Waals surface area contributed by atoms with Crippen LogP contribution in [-0.4, -0.2) is 71.4 Å². The van der Waals surface area contributed by atoms with Gasteiger partial charge in [-0.25, -0.2) is 15.0 Å². The first-order chi connectivity index (χ1) is 13.6. The number of phenolic OH excluding ortho intramolecular Hbond substituents is 1. The molecule has 10 heteroatoms. The van der Waals surface area contributed by atoms with Gasteiger partial charge in [-0.3, -0.25) is 4.57 Å². The van der Waals surface area contributed by atoms with Gasteiger partial charge < -0.3 is 30.5 Å². The summed E-state index contributed by atoms with van der Waals surface area (Å²) in [5, 5.41) is 42.0. The van der Waals surface area contributed by atoms with Crippen molar-refractivity contribution in [3.63, 3.8) is 0 Å². The van der Waals surface area contributed by atoms with E-state index in [2.05, 4.69) is 20.3 Å². The van der Waals surface area contributed by atoms with E-state index in [4.69, 9.17) is 4.74 Å². The Balaban J connectivity index is 1.51. The summed E-state index contributed by atoms with van der Waals surface area (Å²) in [4.78, 5) is 12.8. The number of aliphatic hydroxyl groups is 3. The zero-order valence-corrected chi connectivity index (χ0v) is 14.9. The van der Waals surface area contributed by atoms with Gasteiger partial charge in [0, 0.05) is 6.54 Å². The van der Waals surface area contributed by atoms with E-state index >= 15 is 0 Å². The summed E-state index contributed by atoms with van der Waals surface area (Å²) in [6.07, 6.45) is -0.622. The summed E-state index contributed by atoms with van der Waals surface area (Å²) < 4.78 is 7.07. The van der Waals surface area contributed by atoms with Crippen LogP contribution in [-0.2, 0) is 11.2 Å². The van der Waals surface area contributed by atoms with Crippen molar-refractivity contribution in [2.24, 2.45) is 0 Å². The second kappa shape index (κ2) is 7.68. The fourth-order valence-electron chi connectivity index (χ4n) is 3.27. The molecule has 4 rings (SSSR count). The Bertz CT molecular complexity index is 947. The lowest BCUT2D eigenvalue weighted by molar-refractivity contribution is -0.0511. The maximum atomic E-state index is 10.2. The number of hydrogen-bond acceptors (Lipinski definition) is 9. The van der Waals surface area contributed by atoms with Crippen molar-refractivity contribution in [3.8, 4) is 5.75 Å². The van der Waals surface area contributed by atoms with Gasteiger partial charge in [-0.05, 0) is 24.1 Å². The quantitative estimate of drug-likeness (QED) is 0.388. The van der Waals surface area contributed by atoms with Crippen LogP contribution in [0.1, 0.15) is 11.8 Å². The number of benzene rings is 1. The van der Waals surface area contributed by atoms with Gasteiger partial charge in [0.1, 0.15) is 30.4 Å². The van der Waals surface area contributed by atoms with Crippen molar-refractivity contribution in [2.75, 3.05) is 18.5 Å². The van der Waals surface area contributed by atoms with Crippen molar-refractivity contribution in [2.45, 2.75) is 31.0 Å². The van der Waals surface area contributed by atoms with E-state index in [-0.39, 0.29) is 5.75 Å². The topological polar surface area (TPSA) is 146 Å². The lowest BCUT2D eigenvalue weighted by Gasteiger charge is -2.16. The number of anilines is 1. The molecule has 3 heterocycles. The molecule has 0 radical (unpaired) electrons. The highest BCUT2D eigenvalue weighted by atomic mass is 16.6. The lowest BCUT2D eigenvalue weighted by Crippen LogP contribution is -2.33. The number of aliphatic hydroxyl groups excluding tert-OH is 3. The summed E-state index contributed by atoms with van der Waals surface area (Å²) in [7, 11) is 0. The molecule has 5 N–H and O–H groups in total. The van der Waals surface area contributed by atoms with E-state index in [1.54, 1.807) is 12.1 Å². The number of nitrogens with zero attached hydrogens (tertiary/aromatic N) is 4. The summed E-state index contributed by atoms with van der Waals surface area (Å²) in [6.45, 7) is 0.192. The molecule has 0 aliphatic carbocycles. The Morgan fingerprint density at radius 1 is 1.07 bits per heavy atom. The molecule has 1 aliphatic heterocycles. The van der Waals surface area contributed by atoms with Crippen LogP contribution in [0.2, 0.25) is 0 Å². The monoisotopic (exact) mass is 387 g/mol. The summed E-state index contributed by atoms with van der Waals surface area (Å²) in [6, 6.07) is 6.98. The number of fused-ring (bicyclic) bond motifs is 1. The number of nitrogens with one attached hydrogen (secondary N) is 1. The Labute approximate surface area is 160 Å². The van der Waals surface area contributed by atoms with Crippen LogP contribution >= 0.6 is 0 Å². The molecule has 148 valence electrons. The van der Waals surface area contributed by atoms with E-state index in [0.717, 1.165) is 12.0 Å². The van der Waals surface area contributed by atoms with Gasteiger partial charge in [-0.2, -0.15) is 0 Å². The van der Waals surface area contributed by atoms with Crippen molar-refractivity contribution in [1.29, 1.82) is 0 Å². The number of rotatable bonds is 6. The number of aromatic nitrogens is 4. The molecule has 28 heavy (non-hydrogen) atoms. The zero-order chi connectivity index (χ0) is 19.7. The minimum Gasteiger partial charge on any atom is -0.508 e. The normalized spacial score (nSPS) is 24.7. The molecule has 0 amide bonds. The molecule has 0 spiro atoms. The second-order valence-electron chi connectivity index (χ2n) is 6.62. The first-order valence-corrected chi connectivity index (χ1v) is 8.90. The van der Waals surface area contributed by atoms with E-state index < -0.39 is 31.1 Å². The number of hydrogen-bond donors (Lipinski definition) is 5. The summed E-state index contributed by atoms with van der Waals surface area (Å²) in [5.41, 5.74) is 2.01. The fourth-order valence-corrected chi connectivity index (χ4v) is 3.27. The molecule has 1 aromatic carbocycles. The van der Waals surface area contributed by atoms with Gasteiger partial charge >= 0.3 is 0 Å². The molecule has 1 saturated heterocycles. The van der Waals surface area contributed by atoms with E-state index in [1.807, 2.05) is 12.1 Å². The average Bonchev–Trinajstić information content (AvgIpc) is 3.25. The number of aromatic hydroxyl groups is 1. The van der Waals surface area contributed by atoms with Crippen LogP contribution in [0.5, 0.6) is 5.75 Å². The van der Waals surface area contributed by atoms with Crippen LogP contribution in [0.15, 0.2) is 36.9 Å². The third kappa shape index (κ3) is 3.38. The molecule has 0 saturated carbocycles. The maximum Gasteiger partial charge on any atom is 0.167 e. The fraction of sp³-hybridized carbons (Fsp3) is 0.389. The molecule has 1 fully saturated rings. The van der Waals surface area contributed by atoms with Crippen molar-refractivity contribution < 1.29 is 25.2 Å². The van der Waals surface area contributed by atoms with Crippen molar-refractivity contribution in [3.05, 3.63) is 42.5 Å².